The summed E-state index contributed by atoms with van der Waals surface area (Å²) in [6.45, 7) is 1.79. The molecule has 0 aliphatic rings. The van der Waals surface area contributed by atoms with Gasteiger partial charge in [0.1, 0.15) is 11.5 Å². The lowest BCUT2D eigenvalue weighted by Gasteiger charge is -2.13. The Labute approximate surface area is 180 Å². The number of rotatable bonds is 4. The molecule has 0 saturated heterocycles. The first-order valence-electron chi connectivity index (χ1n) is 9.53. The number of aromatic amines is 2. The number of imidazole rings is 1. The van der Waals surface area contributed by atoms with Gasteiger partial charge in [-0.3, -0.25) is 14.9 Å². The summed E-state index contributed by atoms with van der Waals surface area (Å²) in [7, 11) is 0. The van der Waals surface area contributed by atoms with E-state index in [1.165, 1.54) is 12.1 Å². The molecule has 9 heteroatoms. The summed E-state index contributed by atoms with van der Waals surface area (Å²) in [5, 5.41) is 11.2. The van der Waals surface area contributed by atoms with Crippen molar-refractivity contribution in [3.05, 3.63) is 77.1 Å². The second-order valence-corrected chi connectivity index (χ2v) is 7.58. The van der Waals surface area contributed by atoms with Crippen molar-refractivity contribution >= 4 is 39.4 Å². The summed E-state index contributed by atoms with van der Waals surface area (Å²) < 4.78 is 13.4. The molecule has 3 heterocycles. The Morgan fingerprint density at radius 3 is 2.71 bits per heavy atom. The van der Waals surface area contributed by atoms with Gasteiger partial charge in [-0.15, -0.1) is 0 Å². The zero-order chi connectivity index (χ0) is 21.5. The number of aromatic nitrogens is 5. The van der Waals surface area contributed by atoms with Gasteiger partial charge in [-0.2, -0.15) is 5.10 Å². The topological polar surface area (TPSA) is 99.3 Å². The van der Waals surface area contributed by atoms with E-state index in [0.29, 0.717) is 16.6 Å². The average Bonchev–Trinajstić information content (AvgIpc) is 3.38. The van der Waals surface area contributed by atoms with Crippen LogP contribution in [0.15, 0.2) is 54.9 Å². The number of benzene rings is 2. The fourth-order valence-electron chi connectivity index (χ4n) is 3.49. The Morgan fingerprint density at radius 2 is 1.94 bits per heavy atom. The second kappa shape index (κ2) is 7.48. The molecule has 1 atom stereocenters. The van der Waals surface area contributed by atoms with Crippen LogP contribution in [0, 0.1) is 5.82 Å². The van der Waals surface area contributed by atoms with Gasteiger partial charge in [-0.1, -0.05) is 17.7 Å². The van der Waals surface area contributed by atoms with E-state index in [1.807, 2.05) is 24.3 Å². The Hall–Kier alpha value is -3.78. The molecule has 0 fully saturated rings. The highest BCUT2D eigenvalue weighted by Gasteiger charge is 2.18. The first kappa shape index (κ1) is 19.2. The number of fused-ring (bicyclic) bond motifs is 2. The highest BCUT2D eigenvalue weighted by atomic mass is 35.5. The van der Waals surface area contributed by atoms with Crippen LogP contribution < -0.4 is 5.32 Å². The largest absolute Gasteiger partial charge is 0.343 e. The molecule has 0 saturated carbocycles. The maximum atomic E-state index is 13.4. The van der Waals surface area contributed by atoms with Crippen LogP contribution in [-0.2, 0) is 0 Å². The van der Waals surface area contributed by atoms with Gasteiger partial charge < -0.3 is 10.3 Å². The Balaban J connectivity index is 1.45. The number of hydrogen-bond donors (Lipinski definition) is 3. The average molecular weight is 435 g/mol. The number of H-pyrrole nitrogens is 2. The summed E-state index contributed by atoms with van der Waals surface area (Å²) in [4.78, 5) is 24.3. The fraction of sp³-hybridized carbons (Fsp3) is 0.0909. The van der Waals surface area contributed by atoms with E-state index in [9.17, 15) is 9.18 Å². The third kappa shape index (κ3) is 3.51. The molecule has 0 unspecified atom stereocenters. The van der Waals surface area contributed by atoms with E-state index < -0.39 is 5.82 Å². The second-order valence-electron chi connectivity index (χ2n) is 7.18. The van der Waals surface area contributed by atoms with E-state index >= 15 is 0 Å². The highest BCUT2D eigenvalue weighted by Crippen LogP contribution is 2.29. The molecule has 0 aliphatic heterocycles. The Morgan fingerprint density at radius 1 is 1.13 bits per heavy atom. The minimum absolute atomic E-state index is 0.0102. The number of nitrogens with one attached hydrogen (secondary N) is 3. The third-order valence-corrected chi connectivity index (χ3v) is 5.41. The van der Waals surface area contributed by atoms with Crippen LogP contribution in [0.3, 0.4) is 0 Å². The molecular formula is C22H16ClFN6O. The zero-order valence-electron chi connectivity index (χ0n) is 16.3. The van der Waals surface area contributed by atoms with E-state index in [0.717, 1.165) is 22.2 Å². The lowest BCUT2D eigenvalue weighted by atomic mass is 10.1. The van der Waals surface area contributed by atoms with Crippen molar-refractivity contribution in [3.8, 4) is 11.3 Å². The number of amides is 1. The van der Waals surface area contributed by atoms with Crippen LogP contribution in [0.25, 0.3) is 33.2 Å². The lowest BCUT2D eigenvalue weighted by Crippen LogP contribution is -2.27. The van der Waals surface area contributed by atoms with Crippen molar-refractivity contribution in [2.45, 2.75) is 13.0 Å². The summed E-state index contributed by atoms with van der Waals surface area (Å²) in [6.07, 6.45) is 3.42. The standard InChI is InChI=1S/C22H16ClFN6O/c1-11(13-2-3-16(24)15(23)8-13)26-22(31)21-27-18-9-14-17(10-19(18)28-21)29-30-20(14)12-4-6-25-7-5-12/h2-11H,1H3,(H,26,31)(H,27,28)(H,29,30)/t11-/m1/s1. The molecule has 0 spiro atoms. The highest BCUT2D eigenvalue weighted by molar-refractivity contribution is 6.30. The molecule has 0 aliphatic carbocycles. The summed E-state index contributed by atoms with van der Waals surface area (Å²) in [5.74, 6) is -0.695. The third-order valence-electron chi connectivity index (χ3n) is 5.12. The molecule has 1 amide bonds. The summed E-state index contributed by atoms with van der Waals surface area (Å²) in [6, 6.07) is 11.5. The number of hydrogen-bond acceptors (Lipinski definition) is 4. The number of carbonyl (C=O) groups excluding carboxylic acids is 1. The zero-order valence-corrected chi connectivity index (χ0v) is 17.0. The minimum Gasteiger partial charge on any atom is -0.343 e. The van der Waals surface area contributed by atoms with E-state index in [-0.39, 0.29) is 22.8 Å². The monoisotopic (exact) mass is 434 g/mol. The molecule has 5 aromatic rings. The maximum absolute atomic E-state index is 13.4. The van der Waals surface area contributed by atoms with Crippen molar-refractivity contribution in [3.63, 3.8) is 0 Å². The first-order chi connectivity index (χ1) is 15.0. The van der Waals surface area contributed by atoms with E-state index in [4.69, 9.17) is 11.6 Å². The summed E-state index contributed by atoms with van der Waals surface area (Å²) in [5.41, 5.74) is 4.59. The van der Waals surface area contributed by atoms with Gasteiger partial charge >= 0.3 is 0 Å². The van der Waals surface area contributed by atoms with Crippen LogP contribution in [0.4, 0.5) is 4.39 Å². The van der Waals surface area contributed by atoms with Crippen molar-refractivity contribution in [2.24, 2.45) is 0 Å². The normalized spacial score (nSPS) is 12.4. The lowest BCUT2D eigenvalue weighted by molar-refractivity contribution is 0.0930. The van der Waals surface area contributed by atoms with Gasteiger partial charge in [-0.25, -0.2) is 9.37 Å². The van der Waals surface area contributed by atoms with Crippen LogP contribution in [-0.4, -0.2) is 31.1 Å². The Bertz CT molecular complexity index is 1430. The van der Waals surface area contributed by atoms with Crippen molar-refractivity contribution in [2.75, 3.05) is 0 Å². The minimum atomic E-state index is -0.502. The van der Waals surface area contributed by atoms with Gasteiger partial charge in [0.15, 0.2) is 5.82 Å². The molecule has 2 aromatic carbocycles. The molecule has 31 heavy (non-hydrogen) atoms. The van der Waals surface area contributed by atoms with Gasteiger partial charge in [0.2, 0.25) is 0 Å². The number of pyridine rings is 1. The van der Waals surface area contributed by atoms with Crippen LogP contribution in [0.1, 0.15) is 29.1 Å². The van der Waals surface area contributed by atoms with Crippen molar-refractivity contribution < 1.29 is 9.18 Å². The molecular weight excluding hydrogens is 419 g/mol. The van der Waals surface area contributed by atoms with Crippen LogP contribution in [0.2, 0.25) is 5.02 Å². The predicted octanol–water partition coefficient (Wildman–Crippen LogP) is 4.78. The van der Waals surface area contributed by atoms with Gasteiger partial charge in [0.05, 0.1) is 27.6 Å². The molecule has 0 bridgehead atoms. The first-order valence-corrected chi connectivity index (χ1v) is 9.91. The molecule has 154 valence electrons. The molecule has 3 N–H and O–H groups in total. The maximum Gasteiger partial charge on any atom is 0.287 e. The van der Waals surface area contributed by atoms with E-state index in [1.54, 1.807) is 25.4 Å². The predicted molar refractivity (Wildman–Crippen MR) is 116 cm³/mol. The quantitative estimate of drug-likeness (QED) is 0.379. The van der Waals surface area contributed by atoms with Gasteiger partial charge in [0.25, 0.3) is 5.91 Å². The summed E-state index contributed by atoms with van der Waals surface area (Å²) >= 11 is 5.84. The van der Waals surface area contributed by atoms with E-state index in [2.05, 4.69) is 30.5 Å². The van der Waals surface area contributed by atoms with Crippen LogP contribution >= 0.6 is 11.6 Å². The number of nitrogens with zero attached hydrogens (tertiary/aromatic N) is 3. The Kier molecular flexibility index (Phi) is 4.63. The SMILES string of the molecule is C[C@@H](NC(=O)c1nc2cc3c(-c4ccncc4)n[nH]c3cc2[nH]1)c1ccc(F)c(Cl)c1. The molecule has 7 nitrogen and oxygen atoms in total. The number of halogens is 2. The van der Waals surface area contributed by atoms with Crippen molar-refractivity contribution in [1.29, 1.82) is 0 Å². The fourth-order valence-corrected chi connectivity index (χ4v) is 3.68. The molecule has 3 aromatic heterocycles. The van der Waals surface area contributed by atoms with Crippen molar-refractivity contribution in [1.82, 2.24) is 30.5 Å². The molecule has 0 radical (unpaired) electrons. The van der Waals surface area contributed by atoms with Gasteiger partial charge in [-0.05, 0) is 48.9 Å². The molecule has 5 rings (SSSR count). The number of carbonyl (C=O) groups is 1. The van der Waals surface area contributed by atoms with Crippen LogP contribution in [0.5, 0.6) is 0 Å². The van der Waals surface area contributed by atoms with Gasteiger partial charge in [0, 0.05) is 23.3 Å². The smallest absolute Gasteiger partial charge is 0.287 e.